The summed E-state index contributed by atoms with van der Waals surface area (Å²) in [6, 6.07) is 16.4. The molecule has 3 aromatic carbocycles. The van der Waals surface area contributed by atoms with Crippen LogP contribution in [0.4, 0.5) is 15.8 Å². The molecule has 0 bridgehead atoms. The van der Waals surface area contributed by atoms with Crippen molar-refractivity contribution in [3.05, 3.63) is 93.2 Å². The van der Waals surface area contributed by atoms with Crippen molar-refractivity contribution in [1.29, 1.82) is 0 Å². The van der Waals surface area contributed by atoms with Crippen molar-refractivity contribution >= 4 is 58.2 Å². The molecule has 0 fully saturated rings. The Balaban J connectivity index is 1.34. The molecule has 0 spiro atoms. The maximum atomic E-state index is 13.9. The van der Waals surface area contributed by atoms with Crippen molar-refractivity contribution in [3.8, 4) is 0 Å². The predicted octanol–water partition coefficient (Wildman–Crippen LogP) is 5.73. The molecular weight excluding hydrogens is 484 g/mol. The summed E-state index contributed by atoms with van der Waals surface area (Å²) in [6.07, 6.45) is 0. The van der Waals surface area contributed by atoms with Crippen LogP contribution in [-0.2, 0) is 17.1 Å². The highest BCUT2D eigenvalue weighted by atomic mass is 35.5. The van der Waals surface area contributed by atoms with Gasteiger partial charge in [-0.2, -0.15) is 11.8 Å². The average molecular weight is 504 g/mol. The normalized spacial score (nSPS) is 14.8. The fraction of sp³-hybridized carbons (Fsp3) is 0.167. The van der Waals surface area contributed by atoms with Crippen LogP contribution in [0.25, 0.3) is 0 Å². The lowest BCUT2D eigenvalue weighted by atomic mass is 10.1. The number of nitrogens with one attached hydrogen (secondary N) is 3. The fourth-order valence-corrected chi connectivity index (χ4v) is 4.86. The summed E-state index contributed by atoms with van der Waals surface area (Å²) in [5.41, 5.74) is 3.05. The largest absolute Gasteiger partial charge is 0.371 e. The molecule has 1 atom stereocenters. The zero-order valence-electron chi connectivity index (χ0n) is 17.3. The first-order chi connectivity index (χ1) is 15.9. The molecule has 1 heterocycles. The summed E-state index contributed by atoms with van der Waals surface area (Å²) in [7, 11) is 0. The van der Waals surface area contributed by atoms with Crippen LogP contribution < -0.4 is 16.0 Å². The minimum Gasteiger partial charge on any atom is -0.371 e. The van der Waals surface area contributed by atoms with Crippen LogP contribution in [0, 0.1) is 5.82 Å². The van der Waals surface area contributed by atoms with E-state index >= 15 is 0 Å². The maximum absolute atomic E-state index is 13.9. The summed E-state index contributed by atoms with van der Waals surface area (Å²) >= 11 is 13.4. The number of thioether (sulfide) groups is 1. The summed E-state index contributed by atoms with van der Waals surface area (Å²) < 4.78 is 13.9. The highest BCUT2D eigenvalue weighted by Crippen LogP contribution is 2.30. The molecule has 0 aliphatic carbocycles. The Labute approximate surface area is 205 Å². The molecule has 0 saturated carbocycles. The van der Waals surface area contributed by atoms with E-state index in [0.29, 0.717) is 44.9 Å². The van der Waals surface area contributed by atoms with E-state index < -0.39 is 6.04 Å². The lowest BCUT2D eigenvalue weighted by Gasteiger charge is -2.27. The number of rotatable bonds is 7. The number of hydrogen-bond donors (Lipinski definition) is 3. The number of amides is 2. The van der Waals surface area contributed by atoms with Gasteiger partial charge in [0.2, 0.25) is 5.91 Å². The van der Waals surface area contributed by atoms with E-state index in [1.165, 1.54) is 17.8 Å². The van der Waals surface area contributed by atoms with Crippen LogP contribution in [0.15, 0.2) is 60.7 Å². The first-order valence-corrected chi connectivity index (χ1v) is 12.1. The van der Waals surface area contributed by atoms with Gasteiger partial charge in [-0.1, -0.05) is 41.4 Å². The molecule has 0 aromatic heterocycles. The van der Waals surface area contributed by atoms with Crippen LogP contribution in [0.3, 0.4) is 0 Å². The lowest BCUT2D eigenvalue weighted by molar-refractivity contribution is -0.116. The Morgan fingerprint density at radius 2 is 1.85 bits per heavy atom. The Morgan fingerprint density at radius 3 is 2.61 bits per heavy atom. The molecule has 0 radical (unpaired) electrons. The Hall–Kier alpha value is -2.74. The minimum atomic E-state index is -0.488. The van der Waals surface area contributed by atoms with Gasteiger partial charge in [-0.15, -0.1) is 0 Å². The van der Waals surface area contributed by atoms with E-state index in [1.807, 2.05) is 12.1 Å². The average Bonchev–Trinajstić information content (AvgIpc) is 2.80. The zero-order chi connectivity index (χ0) is 23.4. The Bertz CT molecular complexity index is 1170. The molecule has 0 saturated heterocycles. The second kappa shape index (κ2) is 10.5. The third kappa shape index (κ3) is 5.79. The van der Waals surface area contributed by atoms with Gasteiger partial charge in [0.1, 0.15) is 11.9 Å². The van der Waals surface area contributed by atoms with Crippen LogP contribution in [-0.4, -0.2) is 23.6 Å². The molecule has 9 heteroatoms. The van der Waals surface area contributed by atoms with E-state index in [0.717, 1.165) is 11.3 Å². The van der Waals surface area contributed by atoms with Crippen molar-refractivity contribution in [2.45, 2.75) is 18.3 Å². The first kappa shape index (κ1) is 23.4. The minimum absolute atomic E-state index is 0.214. The van der Waals surface area contributed by atoms with Crippen LogP contribution >= 0.6 is 35.0 Å². The fourth-order valence-electron chi connectivity index (χ4n) is 3.34. The van der Waals surface area contributed by atoms with Gasteiger partial charge < -0.3 is 16.0 Å². The van der Waals surface area contributed by atoms with Gasteiger partial charge >= 0.3 is 0 Å². The van der Waals surface area contributed by atoms with Gasteiger partial charge in [0.15, 0.2) is 0 Å². The molecule has 5 nitrogen and oxygen atoms in total. The molecule has 4 rings (SSSR count). The molecule has 170 valence electrons. The van der Waals surface area contributed by atoms with Crippen molar-refractivity contribution in [3.63, 3.8) is 0 Å². The molecule has 1 aliphatic rings. The summed E-state index contributed by atoms with van der Waals surface area (Å²) in [4.78, 5) is 25.1. The van der Waals surface area contributed by atoms with E-state index in [2.05, 4.69) is 16.0 Å². The first-order valence-electron chi connectivity index (χ1n) is 10.2. The van der Waals surface area contributed by atoms with Gasteiger partial charge in [-0.3, -0.25) is 9.59 Å². The monoisotopic (exact) mass is 503 g/mol. The number of fused-ring (bicyclic) bond motifs is 1. The molecule has 1 aliphatic heterocycles. The van der Waals surface area contributed by atoms with Crippen LogP contribution in [0.5, 0.6) is 0 Å². The van der Waals surface area contributed by atoms with Crippen molar-refractivity contribution in [2.75, 3.05) is 16.4 Å². The number of carbonyl (C=O) groups excluding carboxylic acids is 2. The highest BCUT2D eigenvalue weighted by molar-refractivity contribution is 7.98. The van der Waals surface area contributed by atoms with E-state index in [4.69, 9.17) is 23.2 Å². The lowest BCUT2D eigenvalue weighted by Crippen LogP contribution is -2.40. The molecule has 3 aromatic rings. The Kier molecular flexibility index (Phi) is 7.42. The topological polar surface area (TPSA) is 70.2 Å². The second-order valence-corrected chi connectivity index (χ2v) is 9.34. The molecule has 33 heavy (non-hydrogen) atoms. The summed E-state index contributed by atoms with van der Waals surface area (Å²) in [5, 5.41) is 9.90. The number of benzene rings is 3. The van der Waals surface area contributed by atoms with E-state index in [-0.39, 0.29) is 17.6 Å². The molecule has 2 amide bonds. The van der Waals surface area contributed by atoms with E-state index in [9.17, 15) is 14.0 Å². The van der Waals surface area contributed by atoms with Crippen molar-refractivity contribution in [1.82, 2.24) is 5.32 Å². The van der Waals surface area contributed by atoms with Gasteiger partial charge in [0, 0.05) is 39.2 Å². The third-order valence-electron chi connectivity index (χ3n) is 5.14. The van der Waals surface area contributed by atoms with Crippen LogP contribution in [0.1, 0.15) is 21.5 Å². The van der Waals surface area contributed by atoms with Gasteiger partial charge in [0.25, 0.3) is 5.91 Å². The highest BCUT2D eigenvalue weighted by Gasteiger charge is 2.26. The number of halogens is 3. The number of anilines is 2. The third-order valence-corrected chi connectivity index (χ3v) is 6.81. The summed E-state index contributed by atoms with van der Waals surface area (Å²) in [5.74, 6) is -0.0337. The van der Waals surface area contributed by atoms with Crippen LogP contribution in [0.2, 0.25) is 10.0 Å². The van der Waals surface area contributed by atoms with Gasteiger partial charge in [0.05, 0.1) is 11.4 Å². The van der Waals surface area contributed by atoms with Crippen molar-refractivity contribution in [2.24, 2.45) is 0 Å². The van der Waals surface area contributed by atoms with Crippen molar-refractivity contribution < 1.29 is 14.0 Å². The number of carbonyl (C=O) groups is 2. The Morgan fingerprint density at radius 1 is 1.06 bits per heavy atom. The smallest absolute Gasteiger partial charge is 0.251 e. The molecule has 3 N–H and O–H groups in total. The standard InChI is InChI=1S/C24H20Cl2FN3O2S/c25-16-7-4-14(5-8-16)11-28-23(31)15-6-9-20-21(10-15)30-24(32)22(29-20)13-33-12-17-18(26)2-1-3-19(17)27/h1-10,22,29H,11-13H2,(H,28,31)(H,30,32). The van der Waals surface area contributed by atoms with Gasteiger partial charge in [-0.05, 0) is 48.0 Å². The van der Waals surface area contributed by atoms with Gasteiger partial charge in [-0.25, -0.2) is 4.39 Å². The zero-order valence-corrected chi connectivity index (χ0v) is 19.7. The number of hydrogen-bond acceptors (Lipinski definition) is 4. The molecule has 1 unspecified atom stereocenters. The second-order valence-electron chi connectivity index (χ2n) is 7.47. The molecular formula is C24H20Cl2FN3O2S. The summed E-state index contributed by atoms with van der Waals surface area (Å²) in [6.45, 7) is 0.364. The maximum Gasteiger partial charge on any atom is 0.251 e. The van der Waals surface area contributed by atoms with E-state index in [1.54, 1.807) is 42.5 Å². The quantitative estimate of drug-likeness (QED) is 0.385. The predicted molar refractivity (Wildman–Crippen MR) is 133 cm³/mol. The SMILES string of the molecule is O=C(NCc1ccc(Cl)cc1)c1ccc2c(c1)NC(=O)C(CSCc1c(F)cccc1Cl)N2.